The highest BCUT2D eigenvalue weighted by Crippen LogP contribution is 2.04. The molecule has 0 aliphatic rings. The van der Waals surface area contributed by atoms with E-state index in [1.54, 1.807) is 0 Å². The van der Waals surface area contributed by atoms with Crippen LogP contribution in [0.2, 0.25) is 0 Å². The van der Waals surface area contributed by atoms with Crippen molar-refractivity contribution in [2.24, 2.45) is 0 Å². The van der Waals surface area contributed by atoms with Gasteiger partial charge in [-0.2, -0.15) is 17.0 Å². The number of imidazole rings is 1. The van der Waals surface area contributed by atoms with Gasteiger partial charge in [0.15, 0.2) is 6.54 Å². The third-order valence-corrected chi connectivity index (χ3v) is 3.77. The van der Waals surface area contributed by atoms with Gasteiger partial charge in [-0.3, -0.25) is 0 Å². The molecule has 1 aromatic rings. The van der Waals surface area contributed by atoms with Gasteiger partial charge in [-0.15, -0.1) is 0 Å². The monoisotopic (exact) mass is 252 g/mol. The zero-order valence-corrected chi connectivity index (χ0v) is 11.7. The molecule has 0 aliphatic carbocycles. The molecule has 4 heteroatoms. The Kier molecular flexibility index (Phi) is 6.80. The lowest BCUT2D eigenvalue weighted by atomic mass is 10.3. The normalized spacial score (nSPS) is 10.4. The fraction of sp³-hybridized carbons (Fsp3) is 0.692. The summed E-state index contributed by atoms with van der Waals surface area (Å²) in [5.74, 6) is 3.73. The predicted octanol–water partition coefficient (Wildman–Crippen LogP) is 2.39. The molecule has 0 N–H and O–H groups in total. The Balaban J connectivity index is 2.45. The predicted molar refractivity (Wildman–Crippen MR) is 71.9 cm³/mol. The van der Waals surface area contributed by atoms with Crippen LogP contribution in [-0.4, -0.2) is 16.1 Å². The summed E-state index contributed by atoms with van der Waals surface area (Å²) >= 11 is 2.01. The first kappa shape index (κ1) is 14.1. The van der Waals surface area contributed by atoms with Crippen LogP contribution in [0, 0.1) is 11.3 Å². The highest BCUT2D eigenvalue weighted by atomic mass is 32.2. The van der Waals surface area contributed by atoms with Gasteiger partial charge >= 0.3 is 0 Å². The van der Waals surface area contributed by atoms with E-state index in [0.717, 1.165) is 13.0 Å². The molecular formula is C13H22N3S+. The number of unbranched alkanes of at least 4 members (excludes halogenated alkanes) is 1. The van der Waals surface area contributed by atoms with Crippen molar-refractivity contribution in [1.82, 2.24) is 4.57 Å². The molecule has 3 nitrogen and oxygen atoms in total. The number of nitriles is 1. The summed E-state index contributed by atoms with van der Waals surface area (Å²) in [5.41, 5.74) is 0. The van der Waals surface area contributed by atoms with Crippen LogP contribution in [0.15, 0.2) is 12.4 Å². The van der Waals surface area contributed by atoms with Crippen molar-refractivity contribution in [1.29, 1.82) is 5.26 Å². The lowest BCUT2D eigenvalue weighted by Crippen LogP contribution is -2.37. The van der Waals surface area contributed by atoms with E-state index in [2.05, 4.69) is 30.7 Å². The quantitative estimate of drug-likeness (QED) is 0.526. The van der Waals surface area contributed by atoms with E-state index in [0.29, 0.717) is 6.54 Å². The first-order chi connectivity index (χ1) is 8.33. The van der Waals surface area contributed by atoms with Crippen LogP contribution in [0.5, 0.6) is 0 Å². The summed E-state index contributed by atoms with van der Waals surface area (Å²) in [6.45, 7) is 5.89. The average molecular weight is 252 g/mol. The molecule has 0 radical (unpaired) electrons. The highest BCUT2D eigenvalue weighted by Gasteiger charge is 2.13. The number of rotatable bonds is 8. The van der Waals surface area contributed by atoms with Gasteiger partial charge in [0.25, 0.3) is 5.82 Å². The van der Waals surface area contributed by atoms with Crippen LogP contribution in [-0.2, 0) is 19.5 Å². The van der Waals surface area contributed by atoms with E-state index in [1.807, 2.05) is 22.5 Å². The van der Waals surface area contributed by atoms with Crippen molar-refractivity contribution in [3.63, 3.8) is 0 Å². The zero-order chi connectivity index (χ0) is 12.5. The molecule has 0 saturated heterocycles. The third kappa shape index (κ3) is 4.43. The minimum atomic E-state index is 0.460. The maximum atomic E-state index is 8.74. The Hall–Kier alpha value is -0.950. The molecule has 1 aromatic heterocycles. The second-order valence-electron chi connectivity index (χ2n) is 3.95. The van der Waals surface area contributed by atoms with Crippen LogP contribution in [0.4, 0.5) is 0 Å². The molecule has 0 aromatic carbocycles. The van der Waals surface area contributed by atoms with Crippen molar-refractivity contribution in [3.8, 4) is 6.07 Å². The first-order valence-electron chi connectivity index (χ1n) is 6.35. The van der Waals surface area contributed by atoms with Gasteiger partial charge in [0, 0.05) is 6.42 Å². The fourth-order valence-electron chi connectivity index (χ4n) is 1.96. The Morgan fingerprint density at radius 3 is 2.88 bits per heavy atom. The Morgan fingerprint density at radius 1 is 1.41 bits per heavy atom. The molecule has 1 heterocycles. The van der Waals surface area contributed by atoms with E-state index >= 15 is 0 Å². The van der Waals surface area contributed by atoms with Crippen LogP contribution >= 0.6 is 11.8 Å². The van der Waals surface area contributed by atoms with Crippen molar-refractivity contribution in [2.75, 3.05) is 11.5 Å². The summed E-state index contributed by atoms with van der Waals surface area (Å²) in [6.07, 6.45) is 7.60. The second-order valence-corrected chi connectivity index (χ2v) is 5.35. The van der Waals surface area contributed by atoms with Crippen LogP contribution in [0.3, 0.4) is 0 Å². The molecule has 0 spiro atoms. The Labute approximate surface area is 108 Å². The maximum absolute atomic E-state index is 8.74. The number of hydrogen-bond acceptors (Lipinski definition) is 2. The number of aryl methyl sites for hydroxylation is 1. The van der Waals surface area contributed by atoms with E-state index in [4.69, 9.17) is 5.26 Å². The van der Waals surface area contributed by atoms with Crippen molar-refractivity contribution in [3.05, 3.63) is 18.2 Å². The molecule has 0 bridgehead atoms. The summed E-state index contributed by atoms with van der Waals surface area (Å²) in [6, 6.07) is 2.20. The van der Waals surface area contributed by atoms with Crippen molar-refractivity contribution >= 4 is 11.8 Å². The molecule has 0 unspecified atom stereocenters. The molecule has 0 atom stereocenters. The summed E-state index contributed by atoms with van der Waals surface area (Å²) in [4.78, 5) is 0. The Bertz CT molecular complexity index is 365. The second kappa shape index (κ2) is 8.19. The van der Waals surface area contributed by atoms with Crippen LogP contribution in [0.25, 0.3) is 0 Å². The van der Waals surface area contributed by atoms with E-state index in [-0.39, 0.29) is 0 Å². The number of aromatic nitrogens is 2. The van der Waals surface area contributed by atoms with E-state index in [9.17, 15) is 0 Å². The van der Waals surface area contributed by atoms with Gasteiger partial charge in [-0.25, -0.2) is 9.13 Å². The molecule has 94 valence electrons. The summed E-state index contributed by atoms with van der Waals surface area (Å²) < 4.78 is 4.33. The van der Waals surface area contributed by atoms with Gasteiger partial charge in [-0.05, 0) is 24.3 Å². The smallest absolute Gasteiger partial charge is 0.234 e. The fourth-order valence-corrected chi connectivity index (χ4v) is 2.66. The molecule has 0 saturated carbocycles. The van der Waals surface area contributed by atoms with Gasteiger partial charge in [0.1, 0.15) is 18.5 Å². The lowest BCUT2D eigenvalue weighted by Gasteiger charge is -2.01. The third-order valence-electron chi connectivity index (χ3n) is 2.79. The minimum Gasteiger partial charge on any atom is -0.234 e. The minimum absolute atomic E-state index is 0.460. The zero-order valence-electron chi connectivity index (χ0n) is 10.9. The van der Waals surface area contributed by atoms with Gasteiger partial charge in [0.05, 0.1) is 6.54 Å². The van der Waals surface area contributed by atoms with E-state index < -0.39 is 0 Å². The van der Waals surface area contributed by atoms with E-state index in [1.165, 1.54) is 30.2 Å². The summed E-state index contributed by atoms with van der Waals surface area (Å²) in [7, 11) is 0. The lowest BCUT2D eigenvalue weighted by molar-refractivity contribution is -0.704. The van der Waals surface area contributed by atoms with Gasteiger partial charge in [0.2, 0.25) is 0 Å². The SMILES string of the molecule is CCSCCCC[n+]1ccn(CC#N)c1CC. The number of thioether (sulfide) groups is 1. The molecule has 0 amide bonds. The van der Waals surface area contributed by atoms with Gasteiger partial charge in [-0.1, -0.05) is 13.8 Å². The molecule has 17 heavy (non-hydrogen) atoms. The molecule has 0 aliphatic heterocycles. The average Bonchev–Trinajstić information content (AvgIpc) is 2.72. The number of hydrogen-bond donors (Lipinski definition) is 0. The molecule has 1 rings (SSSR count). The highest BCUT2D eigenvalue weighted by molar-refractivity contribution is 7.99. The number of nitrogens with zero attached hydrogens (tertiary/aromatic N) is 3. The van der Waals surface area contributed by atoms with Crippen LogP contribution < -0.4 is 4.57 Å². The summed E-state index contributed by atoms with van der Waals surface area (Å²) in [5, 5.41) is 8.74. The Morgan fingerprint density at radius 2 is 2.24 bits per heavy atom. The largest absolute Gasteiger partial charge is 0.256 e. The first-order valence-corrected chi connectivity index (χ1v) is 7.51. The van der Waals surface area contributed by atoms with Crippen molar-refractivity contribution < 1.29 is 4.57 Å². The van der Waals surface area contributed by atoms with Crippen molar-refractivity contribution in [2.45, 2.75) is 46.2 Å². The maximum Gasteiger partial charge on any atom is 0.256 e. The molecular weight excluding hydrogens is 230 g/mol. The standard InChI is InChI=1S/C13H22N3S/c1-3-13-15(8-5-6-12-17-4-2)10-11-16(13)9-7-14/h10-11H,3-6,8-9,12H2,1-2H3/q+1. The van der Waals surface area contributed by atoms with Crippen LogP contribution in [0.1, 0.15) is 32.5 Å². The van der Waals surface area contributed by atoms with Gasteiger partial charge < -0.3 is 0 Å². The topological polar surface area (TPSA) is 32.6 Å². The molecule has 0 fully saturated rings.